The van der Waals surface area contributed by atoms with E-state index in [1.165, 1.54) is 129 Å². The number of hydrazine groups is 1. The van der Waals surface area contributed by atoms with Gasteiger partial charge in [-0.2, -0.15) is 0 Å². The van der Waals surface area contributed by atoms with Gasteiger partial charge in [0.25, 0.3) is 0 Å². The van der Waals surface area contributed by atoms with E-state index >= 15 is 0 Å². The van der Waals surface area contributed by atoms with Gasteiger partial charge in [0, 0.05) is 32.7 Å². The first-order valence-corrected chi connectivity index (χ1v) is 12.7. The summed E-state index contributed by atoms with van der Waals surface area (Å²) in [5, 5.41) is 2.43. The van der Waals surface area contributed by atoms with Crippen LogP contribution in [0, 0.1) is 0 Å². The van der Waals surface area contributed by atoms with Crippen LogP contribution in [0.3, 0.4) is 0 Å². The monoisotopic (exact) mass is 393 g/mol. The van der Waals surface area contributed by atoms with Gasteiger partial charge >= 0.3 is 0 Å². The van der Waals surface area contributed by atoms with Crippen molar-refractivity contribution >= 4 is 0 Å². The van der Waals surface area contributed by atoms with Crippen molar-refractivity contribution in [1.82, 2.24) is 15.3 Å². The summed E-state index contributed by atoms with van der Waals surface area (Å²) in [7, 11) is 0. The lowest BCUT2D eigenvalue weighted by Gasteiger charge is -2.34. The molecule has 0 aliphatic carbocycles. The second-order valence-electron chi connectivity index (χ2n) is 8.67. The molecular formula is C25H51N3. The minimum atomic E-state index is 1.16. The maximum atomic E-state index is 3.63. The molecular weight excluding hydrogens is 342 g/mol. The summed E-state index contributed by atoms with van der Waals surface area (Å²) in [6.45, 7) is 11.8. The average molecular weight is 394 g/mol. The van der Waals surface area contributed by atoms with E-state index in [4.69, 9.17) is 0 Å². The van der Waals surface area contributed by atoms with Crippen molar-refractivity contribution in [2.45, 2.75) is 110 Å². The number of nitrogens with one attached hydrogen (secondary N) is 1. The highest BCUT2D eigenvalue weighted by atomic mass is 15.5. The Labute approximate surface area is 177 Å². The van der Waals surface area contributed by atoms with Gasteiger partial charge < -0.3 is 4.90 Å². The van der Waals surface area contributed by atoms with Crippen molar-refractivity contribution in [3.8, 4) is 0 Å². The second kappa shape index (κ2) is 19.9. The summed E-state index contributed by atoms with van der Waals surface area (Å²) in [6.07, 6.45) is 25.5. The molecule has 1 fully saturated rings. The van der Waals surface area contributed by atoms with Crippen LogP contribution in [0.25, 0.3) is 0 Å². The lowest BCUT2D eigenvalue weighted by molar-refractivity contribution is 0.0893. The Morgan fingerprint density at radius 3 is 1.71 bits per heavy atom. The smallest absolute Gasteiger partial charge is 0.0259 e. The van der Waals surface area contributed by atoms with Crippen LogP contribution in [0.1, 0.15) is 110 Å². The van der Waals surface area contributed by atoms with E-state index in [9.17, 15) is 0 Å². The molecule has 1 aliphatic rings. The zero-order valence-corrected chi connectivity index (χ0v) is 19.4. The van der Waals surface area contributed by atoms with Gasteiger partial charge in [-0.15, -0.1) is 0 Å². The third-order valence-electron chi connectivity index (χ3n) is 5.94. The van der Waals surface area contributed by atoms with Crippen LogP contribution in [0.5, 0.6) is 0 Å². The Kier molecular flexibility index (Phi) is 18.2. The average Bonchev–Trinajstić information content (AvgIpc) is 2.72. The number of hydrogen-bond donors (Lipinski definition) is 1. The van der Waals surface area contributed by atoms with Crippen molar-refractivity contribution in [2.24, 2.45) is 0 Å². The Hall–Kier alpha value is -0.380. The summed E-state index contributed by atoms with van der Waals surface area (Å²) >= 11 is 0. The second-order valence-corrected chi connectivity index (χ2v) is 8.67. The number of piperazine rings is 1. The number of hydrogen-bond acceptors (Lipinski definition) is 3. The zero-order valence-electron chi connectivity index (χ0n) is 19.4. The molecule has 1 aliphatic heterocycles. The first-order valence-electron chi connectivity index (χ1n) is 12.7. The summed E-state index contributed by atoms with van der Waals surface area (Å²) in [6, 6.07) is 0. The SMILES string of the molecule is CCCCCCCC/C=C\CCCCCCCCNN1CCN(CCC)CC1. The lowest BCUT2D eigenvalue weighted by atomic mass is 10.1. The van der Waals surface area contributed by atoms with E-state index in [0.717, 1.165) is 6.54 Å². The van der Waals surface area contributed by atoms with Gasteiger partial charge in [0.05, 0.1) is 0 Å². The molecule has 1 N–H and O–H groups in total. The van der Waals surface area contributed by atoms with E-state index in [1.807, 2.05) is 0 Å². The van der Waals surface area contributed by atoms with Crippen LogP contribution in [-0.2, 0) is 0 Å². The molecule has 0 spiro atoms. The van der Waals surface area contributed by atoms with Gasteiger partial charge in [0.2, 0.25) is 0 Å². The molecule has 0 aromatic rings. The van der Waals surface area contributed by atoms with Gasteiger partial charge in [-0.25, -0.2) is 5.01 Å². The first-order chi connectivity index (χ1) is 13.9. The highest BCUT2D eigenvalue weighted by Gasteiger charge is 2.14. The number of nitrogens with zero attached hydrogens (tertiary/aromatic N) is 2. The van der Waals surface area contributed by atoms with E-state index < -0.39 is 0 Å². The zero-order chi connectivity index (χ0) is 20.1. The molecule has 1 saturated heterocycles. The molecule has 0 unspecified atom stereocenters. The van der Waals surface area contributed by atoms with Gasteiger partial charge in [-0.05, 0) is 45.1 Å². The number of allylic oxidation sites excluding steroid dienone is 2. The van der Waals surface area contributed by atoms with Crippen LogP contribution in [0.4, 0.5) is 0 Å². The van der Waals surface area contributed by atoms with E-state index in [0.29, 0.717) is 0 Å². The molecule has 3 nitrogen and oxygen atoms in total. The van der Waals surface area contributed by atoms with Crippen LogP contribution in [-0.4, -0.2) is 49.2 Å². The van der Waals surface area contributed by atoms with E-state index in [2.05, 4.69) is 41.3 Å². The quantitative estimate of drug-likeness (QED) is 0.198. The maximum Gasteiger partial charge on any atom is 0.0259 e. The predicted octanol–water partition coefficient (Wildman–Crippen LogP) is 6.56. The Balaban J connectivity index is 1.75. The minimum absolute atomic E-state index is 1.16. The topological polar surface area (TPSA) is 18.5 Å². The predicted molar refractivity (Wildman–Crippen MR) is 126 cm³/mol. The Morgan fingerprint density at radius 2 is 1.14 bits per heavy atom. The van der Waals surface area contributed by atoms with Crippen molar-refractivity contribution in [3.63, 3.8) is 0 Å². The largest absolute Gasteiger partial charge is 0.301 e. The van der Waals surface area contributed by atoms with Gasteiger partial charge in [0.1, 0.15) is 0 Å². The molecule has 0 atom stereocenters. The molecule has 28 heavy (non-hydrogen) atoms. The van der Waals surface area contributed by atoms with Crippen molar-refractivity contribution in [1.29, 1.82) is 0 Å². The van der Waals surface area contributed by atoms with E-state index in [1.54, 1.807) is 0 Å². The van der Waals surface area contributed by atoms with Crippen LogP contribution < -0.4 is 5.43 Å². The number of rotatable bonds is 19. The highest BCUT2D eigenvalue weighted by molar-refractivity contribution is 4.81. The summed E-state index contributed by atoms with van der Waals surface area (Å²) in [5.41, 5.74) is 3.63. The number of unbranched alkanes of at least 4 members (excludes halogenated alkanes) is 12. The fourth-order valence-corrected chi connectivity index (χ4v) is 4.06. The standard InChI is InChI=1S/C25H51N3/c1-3-5-6-7-8-9-10-11-12-13-14-15-16-17-18-19-20-26-28-24-22-27(21-4-2)23-25-28/h11-12,26H,3-10,13-25H2,1-2H3/b12-11-. The third-order valence-corrected chi connectivity index (χ3v) is 5.94. The molecule has 166 valence electrons. The van der Waals surface area contributed by atoms with E-state index in [-0.39, 0.29) is 0 Å². The van der Waals surface area contributed by atoms with Gasteiger partial charge in [0.15, 0.2) is 0 Å². The maximum absolute atomic E-state index is 3.63. The fourth-order valence-electron chi connectivity index (χ4n) is 4.06. The van der Waals surface area contributed by atoms with Gasteiger partial charge in [-0.3, -0.25) is 5.43 Å². The highest BCUT2D eigenvalue weighted by Crippen LogP contribution is 2.10. The molecule has 0 saturated carbocycles. The summed E-state index contributed by atoms with van der Waals surface area (Å²) in [4.78, 5) is 2.59. The molecule has 1 heterocycles. The molecule has 0 amide bonds. The molecule has 0 bridgehead atoms. The van der Waals surface area contributed by atoms with Crippen LogP contribution >= 0.6 is 0 Å². The van der Waals surface area contributed by atoms with Crippen LogP contribution in [0.15, 0.2) is 12.2 Å². The van der Waals surface area contributed by atoms with Crippen molar-refractivity contribution < 1.29 is 0 Å². The summed E-state index contributed by atoms with van der Waals surface area (Å²) in [5.74, 6) is 0. The fraction of sp³-hybridized carbons (Fsp3) is 0.920. The summed E-state index contributed by atoms with van der Waals surface area (Å²) < 4.78 is 0. The molecule has 0 radical (unpaired) electrons. The molecule has 1 rings (SSSR count). The van der Waals surface area contributed by atoms with Crippen molar-refractivity contribution in [3.05, 3.63) is 12.2 Å². The molecule has 3 heteroatoms. The normalized spacial score (nSPS) is 16.4. The Bertz CT molecular complexity index is 335. The minimum Gasteiger partial charge on any atom is -0.301 e. The first kappa shape index (κ1) is 25.7. The lowest BCUT2D eigenvalue weighted by Crippen LogP contribution is -2.52. The van der Waals surface area contributed by atoms with Crippen LogP contribution in [0.2, 0.25) is 0 Å². The van der Waals surface area contributed by atoms with Crippen molar-refractivity contribution in [2.75, 3.05) is 39.3 Å². The molecule has 0 aromatic heterocycles. The molecule has 0 aromatic carbocycles. The van der Waals surface area contributed by atoms with Gasteiger partial charge in [-0.1, -0.05) is 83.8 Å². The Morgan fingerprint density at radius 1 is 0.607 bits per heavy atom. The third kappa shape index (κ3) is 15.5.